The molecule has 0 bridgehead atoms. The average Bonchev–Trinajstić information content (AvgIpc) is 2.35. The second-order valence-electron chi connectivity index (χ2n) is 4.11. The summed E-state index contributed by atoms with van der Waals surface area (Å²) < 4.78 is 0. The summed E-state index contributed by atoms with van der Waals surface area (Å²) in [6, 6.07) is 2.67. The quantitative estimate of drug-likeness (QED) is 0.696. The summed E-state index contributed by atoms with van der Waals surface area (Å²) in [5.74, 6) is -2.29. The van der Waals surface area contributed by atoms with Crippen molar-refractivity contribution in [2.24, 2.45) is 0 Å². The van der Waals surface area contributed by atoms with Crippen molar-refractivity contribution in [2.75, 3.05) is 6.54 Å². The first-order valence-corrected chi connectivity index (χ1v) is 5.67. The van der Waals surface area contributed by atoms with Gasteiger partial charge in [0.1, 0.15) is 5.69 Å². The molecule has 0 spiro atoms. The summed E-state index contributed by atoms with van der Waals surface area (Å²) in [4.78, 5) is 37.7. The number of hydrogen-bond acceptors (Lipinski definition) is 4. The summed E-state index contributed by atoms with van der Waals surface area (Å²) in [6.07, 6.45) is 1.32. The van der Waals surface area contributed by atoms with Gasteiger partial charge in [-0.1, -0.05) is 0 Å². The van der Waals surface area contributed by atoms with Gasteiger partial charge in [0.2, 0.25) is 5.91 Å². The van der Waals surface area contributed by atoms with Gasteiger partial charge in [-0.15, -0.1) is 0 Å². The molecule has 0 aliphatic carbocycles. The molecule has 0 unspecified atom stereocenters. The largest absolute Gasteiger partial charge is 0.478 e. The standard InChI is InChI=1S/C12H15N3O4/c1-7(2)15-9(16)6-14-11(17)10-8(12(18)19)4-3-5-13-10/h3-5,7H,6H2,1-2H3,(H,14,17)(H,15,16)(H,18,19). The molecule has 0 aromatic carbocycles. The van der Waals surface area contributed by atoms with Crippen molar-refractivity contribution in [3.63, 3.8) is 0 Å². The molecule has 1 rings (SSSR count). The van der Waals surface area contributed by atoms with E-state index in [2.05, 4.69) is 15.6 Å². The minimum absolute atomic E-state index is 0.0335. The van der Waals surface area contributed by atoms with E-state index in [1.54, 1.807) is 13.8 Å². The SMILES string of the molecule is CC(C)NC(=O)CNC(=O)c1ncccc1C(=O)O. The van der Waals surface area contributed by atoms with Gasteiger partial charge >= 0.3 is 5.97 Å². The van der Waals surface area contributed by atoms with Crippen LogP contribution in [-0.2, 0) is 4.79 Å². The number of carboxylic acid groups (broad SMARTS) is 1. The van der Waals surface area contributed by atoms with E-state index in [0.717, 1.165) is 0 Å². The first kappa shape index (κ1) is 14.6. The van der Waals surface area contributed by atoms with Crippen molar-refractivity contribution >= 4 is 17.8 Å². The summed E-state index contributed by atoms with van der Waals surface area (Å²) >= 11 is 0. The maximum atomic E-state index is 11.7. The Morgan fingerprint density at radius 3 is 2.63 bits per heavy atom. The lowest BCUT2D eigenvalue weighted by molar-refractivity contribution is -0.120. The Hall–Kier alpha value is -2.44. The Balaban J connectivity index is 2.69. The van der Waals surface area contributed by atoms with E-state index >= 15 is 0 Å². The van der Waals surface area contributed by atoms with E-state index in [1.165, 1.54) is 18.3 Å². The number of amides is 2. The highest BCUT2D eigenvalue weighted by Gasteiger charge is 2.17. The third kappa shape index (κ3) is 4.38. The molecule has 1 aromatic heterocycles. The molecule has 0 aliphatic heterocycles. The number of carboxylic acids is 1. The van der Waals surface area contributed by atoms with E-state index < -0.39 is 11.9 Å². The van der Waals surface area contributed by atoms with Crippen LogP contribution in [0.15, 0.2) is 18.3 Å². The second kappa shape index (κ2) is 6.48. The van der Waals surface area contributed by atoms with Gasteiger partial charge in [0.15, 0.2) is 0 Å². The van der Waals surface area contributed by atoms with Crippen LogP contribution in [0, 0.1) is 0 Å². The number of nitrogens with one attached hydrogen (secondary N) is 2. The monoisotopic (exact) mass is 265 g/mol. The number of pyridine rings is 1. The summed E-state index contributed by atoms with van der Waals surface area (Å²) in [5, 5.41) is 13.8. The Labute approximate surface area is 110 Å². The van der Waals surface area contributed by atoms with E-state index in [-0.39, 0.29) is 29.8 Å². The fourth-order valence-corrected chi connectivity index (χ4v) is 1.38. The van der Waals surface area contributed by atoms with Gasteiger partial charge in [0, 0.05) is 12.2 Å². The van der Waals surface area contributed by atoms with Crippen molar-refractivity contribution < 1.29 is 19.5 Å². The lowest BCUT2D eigenvalue weighted by Crippen LogP contribution is -2.40. The van der Waals surface area contributed by atoms with Crippen LogP contribution in [-0.4, -0.2) is 40.5 Å². The molecule has 0 saturated heterocycles. The molecule has 3 N–H and O–H groups in total. The van der Waals surface area contributed by atoms with E-state index in [4.69, 9.17) is 5.11 Å². The Morgan fingerprint density at radius 2 is 2.05 bits per heavy atom. The van der Waals surface area contributed by atoms with Crippen LogP contribution >= 0.6 is 0 Å². The maximum absolute atomic E-state index is 11.7. The van der Waals surface area contributed by atoms with E-state index in [9.17, 15) is 14.4 Å². The number of nitrogens with zero attached hydrogens (tertiary/aromatic N) is 1. The smallest absolute Gasteiger partial charge is 0.338 e. The molecule has 7 nitrogen and oxygen atoms in total. The van der Waals surface area contributed by atoms with Crippen LogP contribution in [0.4, 0.5) is 0 Å². The van der Waals surface area contributed by atoms with Gasteiger partial charge < -0.3 is 15.7 Å². The van der Waals surface area contributed by atoms with Crippen LogP contribution < -0.4 is 10.6 Å². The molecule has 7 heteroatoms. The average molecular weight is 265 g/mol. The van der Waals surface area contributed by atoms with Gasteiger partial charge in [-0.2, -0.15) is 0 Å². The predicted octanol–water partition coefficient (Wildman–Crippen LogP) is 0.0342. The molecular formula is C12H15N3O4. The molecule has 0 atom stereocenters. The summed E-state index contributed by atoms with van der Waals surface area (Å²) in [7, 11) is 0. The predicted molar refractivity (Wildman–Crippen MR) is 66.8 cm³/mol. The molecular weight excluding hydrogens is 250 g/mol. The lowest BCUT2D eigenvalue weighted by Gasteiger charge is -2.09. The minimum Gasteiger partial charge on any atom is -0.478 e. The molecule has 1 heterocycles. The highest BCUT2D eigenvalue weighted by molar-refractivity contribution is 6.04. The molecule has 0 radical (unpaired) electrons. The maximum Gasteiger partial charge on any atom is 0.338 e. The number of hydrogen-bond donors (Lipinski definition) is 3. The highest BCUT2D eigenvalue weighted by atomic mass is 16.4. The van der Waals surface area contributed by atoms with Crippen LogP contribution in [0.3, 0.4) is 0 Å². The summed E-state index contributed by atoms with van der Waals surface area (Å²) in [6.45, 7) is 3.36. The van der Waals surface area contributed by atoms with Crippen molar-refractivity contribution in [1.29, 1.82) is 0 Å². The van der Waals surface area contributed by atoms with Crippen molar-refractivity contribution in [3.05, 3.63) is 29.6 Å². The Kier molecular flexibility index (Phi) is 4.99. The number of aromatic carboxylic acids is 1. The lowest BCUT2D eigenvalue weighted by atomic mass is 10.2. The zero-order valence-corrected chi connectivity index (χ0v) is 10.6. The van der Waals surface area contributed by atoms with Gasteiger partial charge in [0.25, 0.3) is 5.91 Å². The van der Waals surface area contributed by atoms with Crippen molar-refractivity contribution in [1.82, 2.24) is 15.6 Å². The van der Waals surface area contributed by atoms with Gasteiger partial charge in [-0.25, -0.2) is 4.79 Å². The highest BCUT2D eigenvalue weighted by Crippen LogP contribution is 2.04. The first-order valence-electron chi connectivity index (χ1n) is 5.67. The molecule has 0 aliphatic rings. The molecule has 1 aromatic rings. The molecule has 2 amide bonds. The topological polar surface area (TPSA) is 108 Å². The van der Waals surface area contributed by atoms with Crippen LogP contribution in [0.2, 0.25) is 0 Å². The first-order chi connectivity index (χ1) is 8.91. The molecule has 0 fully saturated rings. The molecule has 102 valence electrons. The van der Waals surface area contributed by atoms with Gasteiger partial charge in [-0.05, 0) is 26.0 Å². The Bertz CT molecular complexity index is 500. The number of rotatable bonds is 5. The van der Waals surface area contributed by atoms with Crippen LogP contribution in [0.1, 0.15) is 34.7 Å². The van der Waals surface area contributed by atoms with E-state index in [1.807, 2.05) is 0 Å². The number of aromatic nitrogens is 1. The van der Waals surface area contributed by atoms with Gasteiger partial charge in [0.05, 0.1) is 12.1 Å². The molecule has 19 heavy (non-hydrogen) atoms. The normalized spacial score (nSPS) is 10.1. The zero-order valence-electron chi connectivity index (χ0n) is 10.6. The summed E-state index contributed by atoms with van der Waals surface area (Å²) in [5.41, 5.74) is -0.420. The third-order valence-electron chi connectivity index (χ3n) is 2.11. The van der Waals surface area contributed by atoms with Crippen molar-refractivity contribution in [2.45, 2.75) is 19.9 Å². The fourth-order valence-electron chi connectivity index (χ4n) is 1.38. The Morgan fingerprint density at radius 1 is 1.37 bits per heavy atom. The number of carbonyl (C=O) groups excluding carboxylic acids is 2. The zero-order chi connectivity index (χ0) is 14.4. The second-order valence-corrected chi connectivity index (χ2v) is 4.11. The molecule has 0 saturated carbocycles. The van der Waals surface area contributed by atoms with E-state index in [0.29, 0.717) is 0 Å². The minimum atomic E-state index is -1.25. The third-order valence-corrected chi connectivity index (χ3v) is 2.11. The van der Waals surface area contributed by atoms with Crippen molar-refractivity contribution in [3.8, 4) is 0 Å². The number of carbonyl (C=O) groups is 3. The fraction of sp³-hybridized carbons (Fsp3) is 0.333. The van der Waals surface area contributed by atoms with Crippen LogP contribution in [0.5, 0.6) is 0 Å². The van der Waals surface area contributed by atoms with Crippen LogP contribution in [0.25, 0.3) is 0 Å². The van der Waals surface area contributed by atoms with Gasteiger partial charge in [-0.3, -0.25) is 14.6 Å².